The van der Waals surface area contributed by atoms with Crippen LogP contribution in [0.15, 0.2) is 53.1 Å². The van der Waals surface area contributed by atoms with Crippen LogP contribution in [0.3, 0.4) is 0 Å². The van der Waals surface area contributed by atoms with E-state index < -0.39 is 0 Å². The van der Waals surface area contributed by atoms with Gasteiger partial charge in [-0.25, -0.2) is 14.4 Å². The zero-order chi connectivity index (χ0) is 18.8. The molecule has 5 nitrogen and oxygen atoms in total. The second kappa shape index (κ2) is 7.46. The highest BCUT2D eigenvalue weighted by Gasteiger charge is 2.13. The van der Waals surface area contributed by atoms with Gasteiger partial charge >= 0.3 is 0 Å². The van der Waals surface area contributed by atoms with Gasteiger partial charge in [0.1, 0.15) is 5.82 Å². The maximum absolute atomic E-state index is 13.8. The summed E-state index contributed by atoms with van der Waals surface area (Å²) in [4.78, 5) is 20.6. The molecule has 0 fully saturated rings. The molecule has 136 valence electrons. The standard InChI is InChI=1S/C19H13ClFN3O2S/c20-11-5-6-14-16(9-11)27-19(23-14)24-17(25)7-8-18-22-10-15(26-18)12-3-1-2-4-13(12)21/h1-6,9-10H,7-8H2,(H,23,24,25). The number of benzene rings is 2. The number of hydrogen-bond donors (Lipinski definition) is 1. The molecule has 0 spiro atoms. The molecule has 0 aliphatic heterocycles. The predicted molar refractivity (Wildman–Crippen MR) is 103 cm³/mol. The van der Waals surface area contributed by atoms with Crippen LogP contribution in [0, 0.1) is 5.82 Å². The van der Waals surface area contributed by atoms with Crippen molar-refractivity contribution in [3.8, 4) is 11.3 Å². The Morgan fingerprint density at radius 3 is 2.96 bits per heavy atom. The van der Waals surface area contributed by atoms with Crippen LogP contribution in [-0.4, -0.2) is 15.9 Å². The Morgan fingerprint density at radius 2 is 2.11 bits per heavy atom. The number of aryl methyl sites for hydroxylation is 1. The van der Waals surface area contributed by atoms with Crippen LogP contribution in [0.2, 0.25) is 5.02 Å². The minimum Gasteiger partial charge on any atom is -0.441 e. The number of thiazole rings is 1. The first-order chi connectivity index (χ1) is 13.1. The van der Waals surface area contributed by atoms with E-state index in [-0.39, 0.29) is 18.1 Å². The lowest BCUT2D eigenvalue weighted by Gasteiger charge is -2.00. The third kappa shape index (κ3) is 3.99. The van der Waals surface area contributed by atoms with Crippen LogP contribution < -0.4 is 5.32 Å². The second-order valence-electron chi connectivity index (χ2n) is 5.78. The van der Waals surface area contributed by atoms with Crippen LogP contribution in [0.5, 0.6) is 0 Å². The first-order valence-corrected chi connectivity index (χ1v) is 9.33. The maximum Gasteiger partial charge on any atom is 0.226 e. The molecule has 0 atom stereocenters. The Hall–Kier alpha value is -2.77. The van der Waals surface area contributed by atoms with Crippen LogP contribution in [0.4, 0.5) is 9.52 Å². The number of nitrogens with one attached hydrogen (secondary N) is 1. The number of anilines is 1. The zero-order valence-electron chi connectivity index (χ0n) is 13.9. The van der Waals surface area contributed by atoms with E-state index in [1.807, 2.05) is 0 Å². The third-order valence-electron chi connectivity index (χ3n) is 3.86. The Labute approximate surface area is 162 Å². The number of fused-ring (bicyclic) bond motifs is 1. The smallest absolute Gasteiger partial charge is 0.226 e. The molecule has 2 aromatic heterocycles. The summed E-state index contributed by atoms with van der Waals surface area (Å²) in [6, 6.07) is 11.7. The summed E-state index contributed by atoms with van der Waals surface area (Å²) in [6.45, 7) is 0. The zero-order valence-corrected chi connectivity index (χ0v) is 15.5. The third-order valence-corrected chi connectivity index (χ3v) is 5.02. The van der Waals surface area contributed by atoms with Gasteiger partial charge in [0.15, 0.2) is 16.8 Å². The summed E-state index contributed by atoms with van der Waals surface area (Å²) < 4.78 is 20.2. The van der Waals surface area contributed by atoms with E-state index >= 15 is 0 Å². The molecule has 0 saturated heterocycles. The molecule has 1 N–H and O–H groups in total. The first kappa shape index (κ1) is 17.6. The van der Waals surface area contributed by atoms with Crippen molar-refractivity contribution in [1.82, 2.24) is 9.97 Å². The summed E-state index contributed by atoms with van der Waals surface area (Å²) in [5.74, 6) is 0.130. The van der Waals surface area contributed by atoms with Gasteiger partial charge in [0.2, 0.25) is 5.91 Å². The fraction of sp³-hybridized carbons (Fsp3) is 0.105. The van der Waals surface area contributed by atoms with Gasteiger partial charge in [-0.05, 0) is 30.3 Å². The quantitative estimate of drug-likeness (QED) is 0.491. The van der Waals surface area contributed by atoms with Crippen molar-refractivity contribution in [2.45, 2.75) is 12.8 Å². The molecule has 0 aliphatic rings. The Balaban J connectivity index is 1.38. The molecule has 0 unspecified atom stereocenters. The van der Waals surface area contributed by atoms with Crippen LogP contribution in [0.25, 0.3) is 21.5 Å². The van der Waals surface area contributed by atoms with Crippen LogP contribution in [0.1, 0.15) is 12.3 Å². The normalized spacial score (nSPS) is 11.0. The van der Waals surface area contributed by atoms with E-state index in [4.69, 9.17) is 16.0 Å². The summed E-state index contributed by atoms with van der Waals surface area (Å²) in [7, 11) is 0. The Morgan fingerprint density at radius 1 is 1.26 bits per heavy atom. The lowest BCUT2D eigenvalue weighted by Crippen LogP contribution is -2.12. The van der Waals surface area contributed by atoms with Crippen molar-refractivity contribution in [1.29, 1.82) is 0 Å². The highest BCUT2D eigenvalue weighted by molar-refractivity contribution is 7.22. The van der Waals surface area contributed by atoms with Crippen molar-refractivity contribution in [3.05, 3.63) is 65.4 Å². The number of nitrogens with zero attached hydrogens (tertiary/aromatic N) is 2. The van der Waals surface area contributed by atoms with Crippen LogP contribution >= 0.6 is 22.9 Å². The number of halogens is 2. The Bertz CT molecular complexity index is 1130. The topological polar surface area (TPSA) is 68.0 Å². The van der Waals surface area contributed by atoms with Crippen LogP contribution in [-0.2, 0) is 11.2 Å². The van der Waals surface area contributed by atoms with E-state index in [1.54, 1.807) is 36.4 Å². The van der Waals surface area contributed by atoms with E-state index in [2.05, 4.69) is 15.3 Å². The summed E-state index contributed by atoms with van der Waals surface area (Å²) in [5.41, 5.74) is 1.12. The fourth-order valence-electron chi connectivity index (χ4n) is 2.57. The average molecular weight is 402 g/mol. The van der Waals surface area contributed by atoms with Gasteiger partial charge in [0.25, 0.3) is 0 Å². The summed E-state index contributed by atoms with van der Waals surface area (Å²) >= 11 is 7.31. The van der Waals surface area contributed by atoms with Crippen molar-refractivity contribution < 1.29 is 13.6 Å². The number of rotatable bonds is 5. The van der Waals surface area contributed by atoms with Gasteiger partial charge < -0.3 is 9.73 Å². The molecule has 0 radical (unpaired) electrons. The largest absolute Gasteiger partial charge is 0.441 e. The number of oxazole rings is 1. The highest BCUT2D eigenvalue weighted by atomic mass is 35.5. The molecule has 8 heteroatoms. The lowest BCUT2D eigenvalue weighted by atomic mass is 10.2. The predicted octanol–water partition coefficient (Wildman–Crippen LogP) is 5.32. The maximum atomic E-state index is 13.8. The number of carbonyl (C=O) groups is 1. The van der Waals surface area contributed by atoms with Gasteiger partial charge in [0, 0.05) is 17.9 Å². The molecule has 4 aromatic rings. The summed E-state index contributed by atoms with van der Waals surface area (Å²) in [5, 5.41) is 3.90. The van der Waals surface area contributed by atoms with E-state index in [9.17, 15) is 9.18 Å². The number of amides is 1. The minimum absolute atomic E-state index is 0.175. The molecule has 27 heavy (non-hydrogen) atoms. The van der Waals surface area contributed by atoms with Gasteiger partial charge in [-0.15, -0.1) is 0 Å². The number of aromatic nitrogens is 2. The first-order valence-electron chi connectivity index (χ1n) is 8.14. The number of carbonyl (C=O) groups excluding carboxylic acids is 1. The van der Waals surface area contributed by atoms with Gasteiger partial charge in [-0.1, -0.05) is 35.1 Å². The lowest BCUT2D eigenvalue weighted by molar-refractivity contribution is -0.116. The van der Waals surface area contributed by atoms with E-state index in [0.29, 0.717) is 33.8 Å². The molecular formula is C19H13ClFN3O2S. The van der Waals surface area contributed by atoms with Crippen molar-refractivity contribution >= 4 is 44.2 Å². The minimum atomic E-state index is -0.381. The average Bonchev–Trinajstić information content (AvgIpc) is 3.26. The van der Waals surface area contributed by atoms with Crippen molar-refractivity contribution in [3.63, 3.8) is 0 Å². The molecule has 0 aliphatic carbocycles. The molecule has 2 heterocycles. The SMILES string of the molecule is O=C(CCc1ncc(-c2ccccc2F)o1)Nc1nc2ccc(Cl)cc2s1. The molecule has 1 amide bonds. The van der Waals surface area contributed by atoms with Crippen molar-refractivity contribution in [2.24, 2.45) is 0 Å². The number of hydrogen-bond acceptors (Lipinski definition) is 5. The Kier molecular flexibility index (Phi) is 4.87. The molecule has 2 aromatic carbocycles. The van der Waals surface area contributed by atoms with Gasteiger partial charge in [-0.2, -0.15) is 0 Å². The fourth-order valence-corrected chi connectivity index (χ4v) is 3.72. The molecule has 4 rings (SSSR count). The molecule has 0 saturated carbocycles. The van der Waals surface area contributed by atoms with E-state index in [0.717, 1.165) is 10.2 Å². The van der Waals surface area contributed by atoms with Crippen molar-refractivity contribution in [2.75, 3.05) is 5.32 Å². The molecule has 0 bridgehead atoms. The van der Waals surface area contributed by atoms with E-state index in [1.165, 1.54) is 23.6 Å². The summed E-state index contributed by atoms with van der Waals surface area (Å²) in [6.07, 6.45) is 1.94. The highest BCUT2D eigenvalue weighted by Crippen LogP contribution is 2.28. The van der Waals surface area contributed by atoms with Gasteiger partial charge in [0.05, 0.1) is 22.0 Å². The monoisotopic (exact) mass is 401 g/mol. The molecular weight excluding hydrogens is 389 g/mol. The second-order valence-corrected chi connectivity index (χ2v) is 7.24. The van der Waals surface area contributed by atoms with Gasteiger partial charge in [-0.3, -0.25) is 4.79 Å².